The van der Waals surface area contributed by atoms with E-state index < -0.39 is 0 Å². The van der Waals surface area contributed by atoms with Gasteiger partial charge in [0.15, 0.2) is 0 Å². The highest BCUT2D eigenvalue weighted by molar-refractivity contribution is 4.77. The maximum atomic E-state index is 9.77. The third kappa shape index (κ3) is 3.65. The number of ether oxygens (including phenoxy) is 1. The van der Waals surface area contributed by atoms with Crippen LogP contribution in [0.4, 0.5) is 0 Å². The molecule has 0 amide bonds. The molecule has 1 saturated heterocycles. The molecule has 1 N–H and O–H groups in total. The van der Waals surface area contributed by atoms with Gasteiger partial charge in [-0.15, -0.1) is 0 Å². The van der Waals surface area contributed by atoms with Crippen molar-refractivity contribution in [1.82, 2.24) is 0 Å². The maximum Gasteiger partial charge on any atom is 0.0838 e. The standard InChI is InChI=1S/C11H22O2/c1-3-4-5-6-10(12)11-8-7-9(2)13-11/h9-12H,3-8H2,1-2H3/t9-,10-,11-/m0/s1. The fourth-order valence-electron chi connectivity index (χ4n) is 1.91. The lowest BCUT2D eigenvalue weighted by Crippen LogP contribution is -2.25. The first-order valence-corrected chi connectivity index (χ1v) is 5.57. The predicted molar refractivity (Wildman–Crippen MR) is 53.7 cm³/mol. The number of aliphatic hydroxyl groups excluding tert-OH is 1. The number of unbranched alkanes of at least 4 members (excludes halogenated alkanes) is 2. The minimum absolute atomic E-state index is 0.117. The molecule has 3 atom stereocenters. The number of rotatable bonds is 5. The Bertz CT molecular complexity index is 136. The minimum Gasteiger partial charge on any atom is -0.390 e. The second kappa shape index (κ2) is 5.61. The lowest BCUT2D eigenvalue weighted by atomic mass is 10.0. The molecule has 1 aliphatic heterocycles. The van der Waals surface area contributed by atoms with Crippen molar-refractivity contribution in [3.8, 4) is 0 Å². The third-order valence-electron chi connectivity index (χ3n) is 2.80. The van der Waals surface area contributed by atoms with E-state index in [4.69, 9.17) is 4.74 Å². The number of hydrogen-bond donors (Lipinski definition) is 1. The summed E-state index contributed by atoms with van der Waals surface area (Å²) < 4.78 is 5.60. The first-order valence-electron chi connectivity index (χ1n) is 5.57. The molecule has 0 radical (unpaired) electrons. The van der Waals surface area contributed by atoms with Crippen LogP contribution in [0.15, 0.2) is 0 Å². The van der Waals surface area contributed by atoms with E-state index >= 15 is 0 Å². The molecule has 13 heavy (non-hydrogen) atoms. The Kier molecular flexibility index (Phi) is 4.74. The molecule has 0 unspecified atom stereocenters. The summed E-state index contributed by atoms with van der Waals surface area (Å²) in [5.41, 5.74) is 0. The van der Waals surface area contributed by atoms with Crippen LogP contribution in [-0.2, 0) is 4.74 Å². The molecule has 0 spiro atoms. The van der Waals surface area contributed by atoms with Crippen molar-refractivity contribution in [2.24, 2.45) is 0 Å². The monoisotopic (exact) mass is 186 g/mol. The van der Waals surface area contributed by atoms with Gasteiger partial charge in [-0.3, -0.25) is 0 Å². The molecule has 78 valence electrons. The predicted octanol–water partition coefficient (Wildman–Crippen LogP) is 2.50. The van der Waals surface area contributed by atoms with E-state index in [2.05, 4.69) is 13.8 Å². The Balaban J connectivity index is 2.12. The summed E-state index contributed by atoms with van der Waals surface area (Å²) in [5, 5.41) is 9.77. The number of aliphatic hydroxyl groups is 1. The zero-order valence-electron chi connectivity index (χ0n) is 8.83. The van der Waals surface area contributed by atoms with Crippen LogP contribution in [0.5, 0.6) is 0 Å². The molecule has 0 aromatic carbocycles. The SMILES string of the molecule is CCCCC[C@H](O)[C@@H]1CC[C@H](C)O1. The van der Waals surface area contributed by atoms with E-state index in [1.165, 1.54) is 12.8 Å². The van der Waals surface area contributed by atoms with Crippen LogP contribution in [0.25, 0.3) is 0 Å². The fraction of sp³-hybridized carbons (Fsp3) is 1.00. The molecule has 0 bridgehead atoms. The highest BCUT2D eigenvalue weighted by Crippen LogP contribution is 2.23. The highest BCUT2D eigenvalue weighted by atomic mass is 16.5. The lowest BCUT2D eigenvalue weighted by molar-refractivity contribution is -0.0322. The van der Waals surface area contributed by atoms with E-state index in [-0.39, 0.29) is 12.2 Å². The first-order chi connectivity index (χ1) is 6.24. The molecule has 1 heterocycles. The second-order valence-corrected chi connectivity index (χ2v) is 4.13. The van der Waals surface area contributed by atoms with Gasteiger partial charge in [0, 0.05) is 0 Å². The quantitative estimate of drug-likeness (QED) is 0.668. The van der Waals surface area contributed by atoms with Crippen molar-refractivity contribution in [1.29, 1.82) is 0 Å². The van der Waals surface area contributed by atoms with E-state index in [0.29, 0.717) is 6.10 Å². The van der Waals surface area contributed by atoms with Crippen molar-refractivity contribution in [2.75, 3.05) is 0 Å². The van der Waals surface area contributed by atoms with Crippen molar-refractivity contribution < 1.29 is 9.84 Å². The summed E-state index contributed by atoms with van der Waals surface area (Å²) in [6.07, 6.45) is 6.86. The van der Waals surface area contributed by atoms with Crippen LogP contribution in [-0.4, -0.2) is 23.4 Å². The Hall–Kier alpha value is -0.0800. The van der Waals surface area contributed by atoms with Crippen molar-refractivity contribution in [2.45, 2.75) is 70.7 Å². The van der Waals surface area contributed by atoms with Gasteiger partial charge in [-0.1, -0.05) is 26.2 Å². The average Bonchev–Trinajstić information content (AvgIpc) is 2.52. The zero-order valence-corrected chi connectivity index (χ0v) is 8.83. The minimum atomic E-state index is -0.225. The van der Waals surface area contributed by atoms with Crippen LogP contribution < -0.4 is 0 Å². The summed E-state index contributed by atoms with van der Waals surface area (Å²) >= 11 is 0. The Labute approximate surface area is 81.3 Å². The summed E-state index contributed by atoms with van der Waals surface area (Å²) in [4.78, 5) is 0. The van der Waals surface area contributed by atoms with Gasteiger partial charge in [-0.05, 0) is 26.2 Å². The molecule has 0 saturated carbocycles. The van der Waals surface area contributed by atoms with E-state index in [1.807, 2.05) is 0 Å². The van der Waals surface area contributed by atoms with Gasteiger partial charge in [-0.25, -0.2) is 0 Å². The highest BCUT2D eigenvalue weighted by Gasteiger charge is 2.27. The van der Waals surface area contributed by atoms with Gasteiger partial charge in [0.25, 0.3) is 0 Å². The molecule has 1 aliphatic rings. The molecule has 0 aromatic heterocycles. The third-order valence-corrected chi connectivity index (χ3v) is 2.80. The van der Waals surface area contributed by atoms with Crippen LogP contribution in [0, 0.1) is 0 Å². The summed E-state index contributed by atoms with van der Waals surface area (Å²) in [6.45, 7) is 4.26. The molecule has 1 fully saturated rings. The van der Waals surface area contributed by atoms with E-state index in [0.717, 1.165) is 25.7 Å². The van der Waals surface area contributed by atoms with E-state index in [9.17, 15) is 5.11 Å². The van der Waals surface area contributed by atoms with Gasteiger partial charge in [0.2, 0.25) is 0 Å². The molecular formula is C11H22O2. The molecular weight excluding hydrogens is 164 g/mol. The van der Waals surface area contributed by atoms with Crippen molar-refractivity contribution in [3.05, 3.63) is 0 Å². The fourth-order valence-corrected chi connectivity index (χ4v) is 1.91. The second-order valence-electron chi connectivity index (χ2n) is 4.13. The Morgan fingerprint density at radius 2 is 2.15 bits per heavy atom. The molecule has 1 rings (SSSR count). The summed E-state index contributed by atoms with van der Waals surface area (Å²) in [6, 6.07) is 0. The first kappa shape index (κ1) is 11.0. The maximum absolute atomic E-state index is 9.77. The van der Waals surface area contributed by atoms with Crippen LogP contribution in [0.2, 0.25) is 0 Å². The van der Waals surface area contributed by atoms with Crippen LogP contribution in [0.3, 0.4) is 0 Å². The molecule has 2 heteroatoms. The Morgan fingerprint density at radius 1 is 1.38 bits per heavy atom. The van der Waals surface area contributed by atoms with Gasteiger partial charge < -0.3 is 9.84 Å². The summed E-state index contributed by atoms with van der Waals surface area (Å²) in [5.74, 6) is 0. The lowest BCUT2D eigenvalue weighted by Gasteiger charge is -2.17. The van der Waals surface area contributed by atoms with Crippen LogP contribution >= 0.6 is 0 Å². The van der Waals surface area contributed by atoms with Gasteiger partial charge in [0.1, 0.15) is 0 Å². The largest absolute Gasteiger partial charge is 0.390 e. The van der Waals surface area contributed by atoms with Crippen molar-refractivity contribution in [3.63, 3.8) is 0 Å². The molecule has 0 aliphatic carbocycles. The Morgan fingerprint density at radius 3 is 2.69 bits per heavy atom. The summed E-state index contributed by atoms with van der Waals surface area (Å²) in [7, 11) is 0. The van der Waals surface area contributed by atoms with Gasteiger partial charge >= 0.3 is 0 Å². The van der Waals surface area contributed by atoms with Crippen LogP contribution in [0.1, 0.15) is 52.4 Å². The zero-order chi connectivity index (χ0) is 9.68. The number of hydrogen-bond acceptors (Lipinski definition) is 2. The van der Waals surface area contributed by atoms with Gasteiger partial charge in [0.05, 0.1) is 18.3 Å². The normalized spacial score (nSPS) is 30.7. The van der Waals surface area contributed by atoms with Crippen molar-refractivity contribution >= 4 is 0 Å². The topological polar surface area (TPSA) is 29.5 Å². The average molecular weight is 186 g/mol. The van der Waals surface area contributed by atoms with E-state index in [1.54, 1.807) is 0 Å². The smallest absolute Gasteiger partial charge is 0.0838 e. The molecule has 2 nitrogen and oxygen atoms in total. The van der Waals surface area contributed by atoms with Gasteiger partial charge in [-0.2, -0.15) is 0 Å². The molecule has 0 aromatic rings.